The van der Waals surface area contributed by atoms with E-state index in [4.69, 9.17) is 0 Å². The molecule has 2 atom stereocenters. The Hall–Kier alpha value is -1.78. The molecule has 1 aromatic carbocycles. The minimum absolute atomic E-state index is 0.693. The molecule has 2 fully saturated rings. The van der Waals surface area contributed by atoms with Crippen LogP contribution in [0.15, 0.2) is 42.7 Å². The highest BCUT2D eigenvalue weighted by Gasteiger charge is 2.33. The van der Waals surface area contributed by atoms with Crippen molar-refractivity contribution in [2.75, 3.05) is 19.6 Å². The normalized spacial score (nSPS) is 25.1. The first-order chi connectivity index (χ1) is 10.9. The van der Waals surface area contributed by atoms with Gasteiger partial charge in [-0.05, 0) is 25.3 Å². The van der Waals surface area contributed by atoms with Gasteiger partial charge < -0.3 is 5.32 Å². The Labute approximate surface area is 131 Å². The molecule has 0 bridgehead atoms. The Kier molecular flexibility index (Phi) is 3.87. The molecule has 4 heteroatoms. The van der Waals surface area contributed by atoms with E-state index in [1.165, 1.54) is 31.5 Å². The van der Waals surface area contributed by atoms with E-state index < -0.39 is 0 Å². The number of nitrogens with zero attached hydrogens (tertiary/aromatic N) is 3. The second-order valence-corrected chi connectivity index (χ2v) is 6.44. The van der Waals surface area contributed by atoms with Gasteiger partial charge in [0, 0.05) is 49.2 Å². The van der Waals surface area contributed by atoms with Crippen molar-refractivity contribution in [3.05, 3.63) is 48.3 Å². The third-order valence-electron chi connectivity index (χ3n) is 4.82. The van der Waals surface area contributed by atoms with E-state index in [1.807, 2.05) is 42.7 Å². The van der Waals surface area contributed by atoms with Crippen LogP contribution in [0.5, 0.6) is 0 Å². The molecular weight excluding hydrogens is 272 g/mol. The fourth-order valence-corrected chi connectivity index (χ4v) is 3.70. The zero-order valence-electron chi connectivity index (χ0n) is 12.8. The van der Waals surface area contributed by atoms with Crippen molar-refractivity contribution in [1.82, 2.24) is 20.2 Å². The standard InChI is InChI=1S/C18H22N4/c1-2-5-15(6-3-1)18-20-9-14(10-21-18)11-22-12-16-7-4-8-19-17(16)13-22/h1-3,5-6,9-10,16-17,19H,4,7-8,11-13H2/t16-,17+/m0/s1. The number of rotatable bonds is 3. The van der Waals surface area contributed by atoms with Crippen molar-refractivity contribution in [2.45, 2.75) is 25.4 Å². The summed E-state index contributed by atoms with van der Waals surface area (Å²) in [6.45, 7) is 4.51. The van der Waals surface area contributed by atoms with E-state index in [0.717, 1.165) is 30.4 Å². The Bertz CT molecular complexity index is 597. The lowest BCUT2D eigenvalue weighted by atomic mass is 9.94. The molecule has 114 valence electrons. The number of hydrogen-bond donors (Lipinski definition) is 1. The van der Waals surface area contributed by atoms with E-state index in [9.17, 15) is 0 Å². The first kappa shape index (κ1) is 13.9. The van der Waals surface area contributed by atoms with E-state index in [2.05, 4.69) is 20.2 Å². The smallest absolute Gasteiger partial charge is 0.159 e. The minimum atomic E-state index is 0.693. The molecule has 2 aliphatic heterocycles. The third kappa shape index (κ3) is 2.89. The van der Waals surface area contributed by atoms with Gasteiger partial charge in [-0.2, -0.15) is 0 Å². The summed E-state index contributed by atoms with van der Waals surface area (Å²) in [6.07, 6.45) is 6.65. The summed E-state index contributed by atoms with van der Waals surface area (Å²) < 4.78 is 0. The summed E-state index contributed by atoms with van der Waals surface area (Å²) in [5, 5.41) is 3.65. The summed E-state index contributed by atoms with van der Waals surface area (Å²) >= 11 is 0. The highest BCUT2D eigenvalue weighted by molar-refractivity contribution is 5.53. The summed E-state index contributed by atoms with van der Waals surface area (Å²) in [5.41, 5.74) is 2.28. The quantitative estimate of drug-likeness (QED) is 0.943. The number of likely N-dealkylation sites (tertiary alicyclic amines) is 1. The predicted molar refractivity (Wildman–Crippen MR) is 87.3 cm³/mol. The zero-order chi connectivity index (χ0) is 14.8. The SMILES string of the molecule is c1ccc(-c2ncc(CN3C[C@@H]4CCCN[C@@H]4C3)cn2)cc1. The number of hydrogen-bond acceptors (Lipinski definition) is 4. The van der Waals surface area contributed by atoms with Gasteiger partial charge in [0.15, 0.2) is 5.82 Å². The number of benzene rings is 1. The van der Waals surface area contributed by atoms with Gasteiger partial charge in [0.1, 0.15) is 0 Å². The van der Waals surface area contributed by atoms with Gasteiger partial charge in [-0.3, -0.25) is 4.90 Å². The van der Waals surface area contributed by atoms with Gasteiger partial charge >= 0.3 is 0 Å². The van der Waals surface area contributed by atoms with Gasteiger partial charge in [-0.1, -0.05) is 30.3 Å². The molecule has 0 spiro atoms. The van der Waals surface area contributed by atoms with Crippen molar-refractivity contribution in [1.29, 1.82) is 0 Å². The highest BCUT2D eigenvalue weighted by Crippen LogP contribution is 2.26. The van der Waals surface area contributed by atoms with E-state index >= 15 is 0 Å². The number of piperidine rings is 1. The molecule has 4 nitrogen and oxygen atoms in total. The summed E-state index contributed by atoms with van der Waals surface area (Å²) in [5.74, 6) is 1.64. The lowest BCUT2D eigenvalue weighted by Gasteiger charge is -2.24. The van der Waals surface area contributed by atoms with Crippen LogP contribution in [-0.2, 0) is 6.54 Å². The van der Waals surface area contributed by atoms with Crippen LogP contribution in [0.3, 0.4) is 0 Å². The first-order valence-electron chi connectivity index (χ1n) is 8.20. The molecule has 2 aromatic rings. The molecule has 1 N–H and O–H groups in total. The maximum Gasteiger partial charge on any atom is 0.159 e. The fraction of sp³-hybridized carbons (Fsp3) is 0.444. The van der Waals surface area contributed by atoms with Gasteiger partial charge in [0.25, 0.3) is 0 Å². The number of fused-ring (bicyclic) bond motifs is 1. The monoisotopic (exact) mass is 294 g/mol. The maximum atomic E-state index is 4.53. The summed E-state index contributed by atoms with van der Waals surface area (Å²) in [4.78, 5) is 11.6. The number of nitrogens with one attached hydrogen (secondary N) is 1. The molecule has 0 amide bonds. The fourth-order valence-electron chi connectivity index (χ4n) is 3.70. The average molecular weight is 294 g/mol. The van der Waals surface area contributed by atoms with Crippen LogP contribution < -0.4 is 5.32 Å². The summed E-state index contributed by atoms with van der Waals surface area (Å²) in [6, 6.07) is 10.8. The highest BCUT2D eigenvalue weighted by atomic mass is 15.2. The molecular formula is C18H22N4. The van der Waals surface area contributed by atoms with Gasteiger partial charge in [0.2, 0.25) is 0 Å². The molecule has 3 heterocycles. The first-order valence-corrected chi connectivity index (χ1v) is 8.20. The predicted octanol–water partition coefficient (Wildman–Crippen LogP) is 2.33. The van der Waals surface area contributed by atoms with Crippen molar-refractivity contribution in [2.24, 2.45) is 5.92 Å². The van der Waals surface area contributed by atoms with Crippen LogP contribution in [0.1, 0.15) is 18.4 Å². The molecule has 22 heavy (non-hydrogen) atoms. The van der Waals surface area contributed by atoms with E-state index in [0.29, 0.717) is 6.04 Å². The van der Waals surface area contributed by atoms with Crippen LogP contribution in [0.4, 0.5) is 0 Å². The molecule has 4 rings (SSSR count). The van der Waals surface area contributed by atoms with Gasteiger partial charge in [-0.15, -0.1) is 0 Å². The topological polar surface area (TPSA) is 41.1 Å². The minimum Gasteiger partial charge on any atom is -0.312 e. The van der Waals surface area contributed by atoms with Crippen molar-refractivity contribution < 1.29 is 0 Å². The second-order valence-electron chi connectivity index (χ2n) is 6.44. The van der Waals surface area contributed by atoms with Crippen molar-refractivity contribution >= 4 is 0 Å². The molecule has 1 aromatic heterocycles. The van der Waals surface area contributed by atoms with Crippen LogP contribution in [0.25, 0.3) is 11.4 Å². The summed E-state index contributed by atoms with van der Waals surface area (Å²) in [7, 11) is 0. The molecule has 0 unspecified atom stereocenters. The largest absolute Gasteiger partial charge is 0.312 e. The molecule has 0 aliphatic carbocycles. The maximum absolute atomic E-state index is 4.53. The molecule has 0 radical (unpaired) electrons. The average Bonchev–Trinajstić information content (AvgIpc) is 2.98. The third-order valence-corrected chi connectivity index (χ3v) is 4.82. The van der Waals surface area contributed by atoms with Crippen molar-refractivity contribution in [3.8, 4) is 11.4 Å². The zero-order valence-corrected chi connectivity index (χ0v) is 12.8. The Balaban J connectivity index is 1.41. The Morgan fingerprint density at radius 1 is 1.09 bits per heavy atom. The van der Waals surface area contributed by atoms with Gasteiger partial charge in [-0.25, -0.2) is 9.97 Å². The van der Waals surface area contributed by atoms with Crippen LogP contribution in [-0.4, -0.2) is 40.5 Å². The second kappa shape index (κ2) is 6.15. The number of aromatic nitrogens is 2. The lowest BCUT2D eigenvalue weighted by Crippen LogP contribution is -2.40. The lowest BCUT2D eigenvalue weighted by molar-refractivity contribution is 0.312. The van der Waals surface area contributed by atoms with Gasteiger partial charge in [0.05, 0.1) is 0 Å². The van der Waals surface area contributed by atoms with Crippen LogP contribution in [0.2, 0.25) is 0 Å². The Morgan fingerprint density at radius 3 is 2.68 bits per heavy atom. The van der Waals surface area contributed by atoms with Crippen LogP contribution >= 0.6 is 0 Å². The van der Waals surface area contributed by atoms with Crippen molar-refractivity contribution in [3.63, 3.8) is 0 Å². The van der Waals surface area contributed by atoms with Crippen LogP contribution in [0, 0.1) is 5.92 Å². The van der Waals surface area contributed by atoms with E-state index in [1.54, 1.807) is 0 Å². The Morgan fingerprint density at radius 2 is 1.91 bits per heavy atom. The molecule has 0 saturated carbocycles. The molecule has 2 aliphatic rings. The van der Waals surface area contributed by atoms with E-state index in [-0.39, 0.29) is 0 Å². The molecule has 2 saturated heterocycles.